The molecule has 1 rings (SSSR count). The van der Waals surface area contributed by atoms with Crippen molar-refractivity contribution in [2.75, 3.05) is 13.7 Å². The van der Waals surface area contributed by atoms with Crippen molar-refractivity contribution in [1.29, 1.82) is 0 Å². The number of carbonyl (C=O) groups is 1. The van der Waals surface area contributed by atoms with Crippen LogP contribution in [-0.4, -0.2) is 24.5 Å². The summed E-state index contributed by atoms with van der Waals surface area (Å²) < 4.78 is 5.01. The number of aromatic nitrogens is 1. The highest BCUT2D eigenvalue weighted by molar-refractivity contribution is 7.09. The van der Waals surface area contributed by atoms with Crippen LogP contribution in [0.3, 0.4) is 0 Å². The molecule has 17 heavy (non-hydrogen) atoms. The van der Waals surface area contributed by atoms with Crippen molar-refractivity contribution in [2.24, 2.45) is 0 Å². The highest BCUT2D eigenvalue weighted by Crippen LogP contribution is 2.10. The van der Waals surface area contributed by atoms with E-state index in [1.165, 1.54) is 0 Å². The Hall–Kier alpha value is -0.940. The maximum absolute atomic E-state index is 11.4. The number of nitrogens with one attached hydrogen (secondary N) is 1. The van der Waals surface area contributed by atoms with Crippen LogP contribution in [0.2, 0.25) is 0 Å². The molecule has 0 spiro atoms. The average Bonchev–Trinajstić information content (AvgIpc) is 2.75. The van der Waals surface area contributed by atoms with Gasteiger partial charge >= 0.3 is 0 Å². The summed E-state index contributed by atoms with van der Waals surface area (Å²) in [4.78, 5) is 15.8. The highest BCUT2D eigenvalue weighted by Gasteiger charge is 2.03. The molecule has 1 amide bonds. The minimum atomic E-state index is 0.138. The summed E-state index contributed by atoms with van der Waals surface area (Å²) in [7, 11) is 1.66. The SMILES string of the molecule is CCCCC(=O)NCCc1csc(COC)n1. The van der Waals surface area contributed by atoms with Crippen molar-refractivity contribution in [3.63, 3.8) is 0 Å². The molecule has 96 valence electrons. The fourth-order valence-electron chi connectivity index (χ4n) is 1.41. The maximum Gasteiger partial charge on any atom is 0.220 e. The van der Waals surface area contributed by atoms with Gasteiger partial charge < -0.3 is 10.1 Å². The molecule has 1 aromatic rings. The molecule has 0 unspecified atom stereocenters. The number of ether oxygens (including phenoxy) is 1. The lowest BCUT2D eigenvalue weighted by molar-refractivity contribution is -0.121. The van der Waals surface area contributed by atoms with Crippen LogP contribution in [0.5, 0.6) is 0 Å². The predicted octanol–water partition coefficient (Wildman–Crippen LogP) is 2.14. The Bertz CT molecular complexity index is 339. The molecular formula is C12H20N2O2S. The van der Waals surface area contributed by atoms with Crippen LogP contribution in [0, 0.1) is 0 Å². The quantitative estimate of drug-likeness (QED) is 0.775. The maximum atomic E-state index is 11.4. The number of hydrogen-bond donors (Lipinski definition) is 1. The smallest absolute Gasteiger partial charge is 0.220 e. The lowest BCUT2D eigenvalue weighted by Gasteiger charge is -2.02. The second-order valence-electron chi connectivity index (χ2n) is 3.87. The predicted molar refractivity (Wildman–Crippen MR) is 69.1 cm³/mol. The molecule has 0 aliphatic heterocycles. The van der Waals surface area contributed by atoms with Crippen molar-refractivity contribution in [3.05, 3.63) is 16.1 Å². The molecule has 1 aromatic heterocycles. The molecule has 0 bridgehead atoms. The van der Waals surface area contributed by atoms with Gasteiger partial charge in [0, 0.05) is 31.9 Å². The summed E-state index contributed by atoms with van der Waals surface area (Å²) in [6.45, 7) is 3.31. The van der Waals surface area contributed by atoms with Gasteiger partial charge in [-0.05, 0) is 6.42 Å². The van der Waals surface area contributed by atoms with Gasteiger partial charge in [-0.15, -0.1) is 11.3 Å². The van der Waals surface area contributed by atoms with E-state index in [2.05, 4.69) is 17.2 Å². The first-order chi connectivity index (χ1) is 8.26. The first kappa shape index (κ1) is 14.1. The van der Waals surface area contributed by atoms with Gasteiger partial charge in [0.1, 0.15) is 5.01 Å². The highest BCUT2D eigenvalue weighted by atomic mass is 32.1. The Morgan fingerprint density at radius 2 is 2.41 bits per heavy atom. The van der Waals surface area contributed by atoms with E-state index in [-0.39, 0.29) is 5.91 Å². The minimum Gasteiger partial charge on any atom is -0.378 e. The van der Waals surface area contributed by atoms with Crippen LogP contribution in [0.25, 0.3) is 0 Å². The molecule has 0 aliphatic rings. The number of methoxy groups -OCH3 is 1. The Kier molecular flexibility index (Phi) is 6.81. The molecule has 0 aliphatic carbocycles. The van der Waals surface area contributed by atoms with Crippen molar-refractivity contribution in [2.45, 2.75) is 39.2 Å². The first-order valence-electron chi connectivity index (χ1n) is 5.95. The summed E-state index contributed by atoms with van der Waals surface area (Å²) in [5.74, 6) is 0.138. The lowest BCUT2D eigenvalue weighted by atomic mass is 10.2. The van der Waals surface area contributed by atoms with Gasteiger partial charge in [0.25, 0.3) is 0 Å². The molecule has 4 nitrogen and oxygen atoms in total. The van der Waals surface area contributed by atoms with Crippen molar-refractivity contribution in [3.8, 4) is 0 Å². The number of amides is 1. The molecule has 0 radical (unpaired) electrons. The van der Waals surface area contributed by atoms with E-state index in [1.54, 1.807) is 18.4 Å². The van der Waals surface area contributed by atoms with Crippen molar-refractivity contribution in [1.82, 2.24) is 10.3 Å². The topological polar surface area (TPSA) is 51.2 Å². The Morgan fingerprint density at radius 3 is 3.12 bits per heavy atom. The Labute approximate surface area is 106 Å². The van der Waals surface area contributed by atoms with Crippen LogP contribution >= 0.6 is 11.3 Å². The second-order valence-corrected chi connectivity index (χ2v) is 4.81. The molecule has 0 aromatic carbocycles. The van der Waals surface area contributed by atoms with Gasteiger partial charge in [-0.1, -0.05) is 13.3 Å². The zero-order chi connectivity index (χ0) is 12.5. The summed E-state index contributed by atoms with van der Waals surface area (Å²) >= 11 is 1.60. The van der Waals surface area contributed by atoms with Crippen LogP contribution < -0.4 is 5.32 Å². The second kappa shape index (κ2) is 8.20. The largest absolute Gasteiger partial charge is 0.378 e. The molecule has 5 heteroatoms. The van der Waals surface area contributed by atoms with Gasteiger partial charge in [-0.25, -0.2) is 4.98 Å². The van der Waals surface area contributed by atoms with Crippen LogP contribution in [0.15, 0.2) is 5.38 Å². The van der Waals surface area contributed by atoms with E-state index in [4.69, 9.17) is 4.74 Å². The molecule has 0 saturated carbocycles. The minimum absolute atomic E-state index is 0.138. The van der Waals surface area contributed by atoms with Gasteiger partial charge in [0.2, 0.25) is 5.91 Å². The fraction of sp³-hybridized carbons (Fsp3) is 0.667. The third-order valence-corrected chi connectivity index (χ3v) is 3.20. The van der Waals surface area contributed by atoms with Crippen LogP contribution in [0.4, 0.5) is 0 Å². The van der Waals surface area contributed by atoms with E-state index in [0.29, 0.717) is 19.6 Å². The normalized spacial score (nSPS) is 10.5. The number of carbonyl (C=O) groups excluding carboxylic acids is 1. The average molecular weight is 256 g/mol. The third-order valence-electron chi connectivity index (χ3n) is 2.33. The van der Waals surface area contributed by atoms with E-state index < -0.39 is 0 Å². The molecular weight excluding hydrogens is 236 g/mol. The summed E-state index contributed by atoms with van der Waals surface area (Å²) in [6.07, 6.45) is 3.43. The van der Waals surface area contributed by atoms with Gasteiger partial charge in [-0.2, -0.15) is 0 Å². The van der Waals surface area contributed by atoms with Gasteiger partial charge in [-0.3, -0.25) is 4.79 Å². The molecule has 0 fully saturated rings. The zero-order valence-electron chi connectivity index (χ0n) is 10.5. The summed E-state index contributed by atoms with van der Waals surface area (Å²) in [6, 6.07) is 0. The lowest BCUT2D eigenvalue weighted by Crippen LogP contribution is -2.25. The monoisotopic (exact) mass is 256 g/mol. The number of nitrogens with zero attached hydrogens (tertiary/aromatic N) is 1. The van der Waals surface area contributed by atoms with E-state index in [0.717, 1.165) is 30.0 Å². The zero-order valence-corrected chi connectivity index (χ0v) is 11.3. The number of unbranched alkanes of at least 4 members (excludes halogenated alkanes) is 1. The Balaban J connectivity index is 2.19. The summed E-state index contributed by atoms with van der Waals surface area (Å²) in [5.41, 5.74) is 1.03. The fourth-order valence-corrected chi connectivity index (χ4v) is 2.21. The van der Waals surface area contributed by atoms with E-state index in [9.17, 15) is 4.79 Å². The summed E-state index contributed by atoms with van der Waals surface area (Å²) in [5, 5.41) is 5.91. The Morgan fingerprint density at radius 1 is 1.59 bits per heavy atom. The first-order valence-corrected chi connectivity index (χ1v) is 6.83. The van der Waals surface area contributed by atoms with E-state index in [1.807, 2.05) is 5.38 Å². The van der Waals surface area contributed by atoms with E-state index >= 15 is 0 Å². The number of rotatable bonds is 8. The van der Waals surface area contributed by atoms with Crippen molar-refractivity contribution >= 4 is 17.2 Å². The standard InChI is InChI=1S/C12H20N2O2S/c1-3-4-5-11(15)13-7-6-10-9-17-12(14-10)8-16-2/h9H,3-8H2,1-2H3,(H,13,15). The molecule has 1 N–H and O–H groups in total. The van der Waals surface area contributed by atoms with Gasteiger partial charge in [0.05, 0.1) is 12.3 Å². The van der Waals surface area contributed by atoms with Gasteiger partial charge in [0.15, 0.2) is 0 Å². The van der Waals surface area contributed by atoms with Crippen molar-refractivity contribution < 1.29 is 9.53 Å². The number of hydrogen-bond acceptors (Lipinski definition) is 4. The van der Waals surface area contributed by atoms with Crippen LogP contribution in [0.1, 0.15) is 36.9 Å². The molecule has 1 heterocycles. The van der Waals surface area contributed by atoms with Crippen LogP contribution in [-0.2, 0) is 22.6 Å². The number of thiazole rings is 1. The molecule has 0 atom stereocenters. The third kappa shape index (κ3) is 5.79. The molecule has 0 saturated heterocycles.